The number of ether oxygens (including phenoxy) is 1. The van der Waals surface area contributed by atoms with Crippen molar-refractivity contribution in [2.45, 2.75) is 161 Å². The van der Waals surface area contributed by atoms with Gasteiger partial charge in [0.05, 0.1) is 12.2 Å². The Bertz CT molecular complexity index is 1020. The van der Waals surface area contributed by atoms with Crippen LogP contribution in [0.4, 0.5) is 0 Å². The second-order valence-corrected chi connectivity index (χ2v) is 12.6. The second kappa shape index (κ2) is 29.4. The van der Waals surface area contributed by atoms with Crippen LogP contribution in [0.1, 0.15) is 182 Å². The SMILES string of the molecule is CCCCCCCCCCCCCCCCCCCCCCCCCCOC(=O)c1ccccc1O.O=C(O)c1ccccc1[O-]. The number of esters is 1. The molecule has 0 heterocycles. The lowest BCUT2D eigenvalue weighted by Crippen LogP contribution is -2.06. The normalized spacial score (nSPS) is 10.7. The molecule has 0 aliphatic rings. The highest BCUT2D eigenvalue weighted by Crippen LogP contribution is 2.18. The van der Waals surface area contributed by atoms with Crippen LogP contribution in [0.25, 0.3) is 0 Å². The number of phenols is 1. The Hall–Kier alpha value is -3.02. The van der Waals surface area contributed by atoms with Crippen molar-refractivity contribution < 1.29 is 29.6 Å². The topological polar surface area (TPSA) is 107 Å². The van der Waals surface area contributed by atoms with E-state index < -0.39 is 17.7 Å². The Morgan fingerprint density at radius 1 is 0.543 bits per heavy atom. The smallest absolute Gasteiger partial charge is 0.341 e. The monoisotopic (exact) mass is 639 g/mol. The average Bonchev–Trinajstić information content (AvgIpc) is 3.05. The van der Waals surface area contributed by atoms with Gasteiger partial charge in [-0.1, -0.05) is 191 Å². The average molecular weight is 640 g/mol. The minimum absolute atomic E-state index is 0.0120. The van der Waals surface area contributed by atoms with Crippen molar-refractivity contribution in [2.75, 3.05) is 6.61 Å². The Kier molecular flexibility index (Phi) is 26.2. The van der Waals surface area contributed by atoms with Gasteiger partial charge >= 0.3 is 11.9 Å². The van der Waals surface area contributed by atoms with Gasteiger partial charge in [0.2, 0.25) is 0 Å². The van der Waals surface area contributed by atoms with Crippen LogP contribution in [0.5, 0.6) is 11.5 Å². The number of aromatic hydroxyl groups is 1. The number of unbranched alkanes of at least 4 members (excludes halogenated alkanes) is 23. The maximum absolute atomic E-state index is 11.9. The second-order valence-electron chi connectivity index (χ2n) is 12.6. The van der Waals surface area contributed by atoms with E-state index in [1.54, 1.807) is 18.2 Å². The number of benzene rings is 2. The fourth-order valence-corrected chi connectivity index (χ4v) is 5.60. The molecule has 0 amide bonds. The number of aromatic carboxylic acids is 1. The van der Waals surface area contributed by atoms with E-state index in [4.69, 9.17) is 9.84 Å². The molecule has 6 nitrogen and oxygen atoms in total. The van der Waals surface area contributed by atoms with Crippen LogP contribution in [0.15, 0.2) is 48.5 Å². The molecule has 260 valence electrons. The summed E-state index contributed by atoms with van der Waals surface area (Å²) < 4.78 is 5.26. The first-order valence-corrected chi connectivity index (χ1v) is 18.4. The van der Waals surface area contributed by atoms with E-state index in [9.17, 15) is 19.8 Å². The highest BCUT2D eigenvalue weighted by molar-refractivity contribution is 5.92. The summed E-state index contributed by atoms with van der Waals surface area (Å²) in [6.45, 7) is 2.73. The fraction of sp³-hybridized carbons (Fsp3) is 0.650. The molecule has 6 heteroatoms. The van der Waals surface area contributed by atoms with Gasteiger partial charge in [-0.15, -0.1) is 0 Å². The van der Waals surface area contributed by atoms with Crippen LogP contribution >= 0.6 is 0 Å². The summed E-state index contributed by atoms with van der Waals surface area (Å²) in [6.07, 6.45) is 33.1. The third-order valence-electron chi connectivity index (χ3n) is 8.47. The van der Waals surface area contributed by atoms with E-state index in [-0.39, 0.29) is 16.9 Å². The number of rotatable bonds is 27. The van der Waals surface area contributed by atoms with E-state index in [0.717, 1.165) is 12.8 Å². The molecule has 2 N–H and O–H groups in total. The van der Waals surface area contributed by atoms with Crippen molar-refractivity contribution in [1.82, 2.24) is 0 Å². The maximum atomic E-state index is 11.9. The van der Waals surface area contributed by atoms with Crippen molar-refractivity contribution in [2.24, 2.45) is 0 Å². The Labute approximate surface area is 280 Å². The largest absolute Gasteiger partial charge is 0.872 e. The zero-order valence-corrected chi connectivity index (χ0v) is 28.8. The number of carboxylic acids is 1. The Morgan fingerprint density at radius 3 is 1.24 bits per heavy atom. The molecule has 2 aromatic carbocycles. The van der Waals surface area contributed by atoms with Crippen molar-refractivity contribution in [3.8, 4) is 11.5 Å². The molecule has 2 rings (SSSR count). The zero-order valence-electron chi connectivity index (χ0n) is 28.8. The molecular formula is C40H63O6-. The standard InChI is InChI=1S/C33H58O3.C7H6O3/c1-2-3-4-5-6-7-8-9-10-11-12-13-14-15-16-17-18-19-20-21-22-23-24-27-30-36-33(35)31-28-25-26-29-32(31)34;8-6-4-2-1-3-5(6)7(9)10/h25-26,28-29,34H,2-24,27,30H2,1H3;1-4,8H,(H,9,10)/p-1. The first-order chi connectivity index (χ1) is 22.5. The molecule has 0 fully saturated rings. The van der Waals surface area contributed by atoms with Crippen molar-refractivity contribution >= 4 is 11.9 Å². The third kappa shape index (κ3) is 22.5. The van der Waals surface area contributed by atoms with Crippen molar-refractivity contribution in [3.63, 3.8) is 0 Å². The molecule has 0 bridgehead atoms. The molecule has 0 aromatic heterocycles. The molecular weight excluding hydrogens is 576 g/mol. The van der Waals surface area contributed by atoms with E-state index in [1.165, 1.54) is 172 Å². The number of carbonyl (C=O) groups excluding carboxylic acids is 1. The van der Waals surface area contributed by atoms with Crippen LogP contribution < -0.4 is 5.11 Å². The van der Waals surface area contributed by atoms with Gasteiger partial charge < -0.3 is 20.1 Å². The first-order valence-electron chi connectivity index (χ1n) is 18.4. The number of phenolic OH excluding ortho intramolecular Hbond substituents is 1. The van der Waals surface area contributed by atoms with Gasteiger partial charge in [0, 0.05) is 0 Å². The highest BCUT2D eigenvalue weighted by Gasteiger charge is 2.11. The Balaban J connectivity index is 0.000000892. The first kappa shape index (κ1) is 41.0. The van der Waals surface area contributed by atoms with E-state index in [0.29, 0.717) is 6.61 Å². The van der Waals surface area contributed by atoms with Crippen LogP contribution in [0.2, 0.25) is 0 Å². The van der Waals surface area contributed by atoms with Crippen LogP contribution in [0, 0.1) is 0 Å². The minimum atomic E-state index is -1.18. The summed E-state index contributed by atoms with van der Waals surface area (Å²) in [7, 11) is 0. The van der Waals surface area contributed by atoms with E-state index in [1.807, 2.05) is 0 Å². The molecule has 0 aliphatic heterocycles. The Morgan fingerprint density at radius 2 is 0.891 bits per heavy atom. The van der Waals surface area contributed by atoms with Gasteiger partial charge in [-0.25, -0.2) is 9.59 Å². The van der Waals surface area contributed by atoms with Crippen LogP contribution in [0.3, 0.4) is 0 Å². The van der Waals surface area contributed by atoms with Crippen molar-refractivity contribution in [3.05, 3.63) is 59.7 Å². The quantitative estimate of drug-likeness (QED) is 0.0744. The van der Waals surface area contributed by atoms with E-state index >= 15 is 0 Å². The molecule has 0 radical (unpaired) electrons. The van der Waals surface area contributed by atoms with E-state index in [2.05, 4.69) is 6.92 Å². The lowest BCUT2D eigenvalue weighted by molar-refractivity contribution is -0.268. The van der Waals surface area contributed by atoms with Gasteiger partial charge in [0.25, 0.3) is 0 Å². The van der Waals surface area contributed by atoms with Gasteiger partial charge in [-0.3, -0.25) is 0 Å². The zero-order chi connectivity index (χ0) is 33.5. The van der Waals surface area contributed by atoms with Gasteiger partial charge in [0.15, 0.2) is 0 Å². The molecule has 0 unspecified atom stereocenters. The number of carboxylic acid groups (broad SMARTS) is 1. The fourth-order valence-electron chi connectivity index (χ4n) is 5.60. The van der Waals surface area contributed by atoms with Crippen LogP contribution in [-0.2, 0) is 4.74 Å². The van der Waals surface area contributed by atoms with Gasteiger partial charge in [-0.05, 0) is 24.6 Å². The number of hydrogen-bond donors (Lipinski definition) is 2. The molecule has 0 saturated heterocycles. The summed E-state index contributed by atoms with van der Waals surface area (Å²) >= 11 is 0. The molecule has 46 heavy (non-hydrogen) atoms. The maximum Gasteiger partial charge on any atom is 0.341 e. The molecule has 0 aliphatic carbocycles. The third-order valence-corrected chi connectivity index (χ3v) is 8.47. The predicted molar refractivity (Wildman–Crippen MR) is 188 cm³/mol. The highest BCUT2D eigenvalue weighted by atomic mass is 16.5. The lowest BCUT2D eigenvalue weighted by Gasteiger charge is -2.07. The summed E-state index contributed by atoms with van der Waals surface area (Å²) in [5.74, 6) is -2.06. The minimum Gasteiger partial charge on any atom is -0.872 e. The lowest BCUT2D eigenvalue weighted by atomic mass is 10.0. The number of para-hydroxylation sites is 2. The summed E-state index contributed by atoms with van der Waals surface area (Å²) in [4.78, 5) is 22.1. The summed E-state index contributed by atoms with van der Waals surface area (Å²) in [5, 5.41) is 28.7. The van der Waals surface area contributed by atoms with Crippen LogP contribution in [-0.4, -0.2) is 28.8 Å². The number of carbonyl (C=O) groups is 2. The number of hydrogen-bond acceptors (Lipinski definition) is 5. The van der Waals surface area contributed by atoms with Gasteiger partial charge in [-0.2, -0.15) is 0 Å². The summed E-state index contributed by atoms with van der Waals surface area (Å²) in [5.41, 5.74) is 0.0735. The molecule has 0 saturated carbocycles. The molecule has 2 aromatic rings. The predicted octanol–water partition coefficient (Wildman–Crippen LogP) is 11.4. The van der Waals surface area contributed by atoms with Gasteiger partial charge in [0.1, 0.15) is 11.3 Å². The molecule has 0 spiro atoms. The van der Waals surface area contributed by atoms with Crippen molar-refractivity contribution in [1.29, 1.82) is 0 Å². The summed E-state index contributed by atoms with van der Waals surface area (Å²) in [6, 6.07) is 12.1. The molecule has 0 atom stereocenters.